The van der Waals surface area contributed by atoms with Crippen LogP contribution in [0.1, 0.15) is 55.8 Å². The van der Waals surface area contributed by atoms with Gasteiger partial charge in [-0.05, 0) is 29.4 Å². The number of aromatic nitrogens is 2. The number of nitrogens with two attached hydrogens (primary N) is 1. The summed E-state index contributed by atoms with van der Waals surface area (Å²) in [5.74, 6) is 0.897. The van der Waals surface area contributed by atoms with E-state index in [4.69, 9.17) is 10.5 Å². The van der Waals surface area contributed by atoms with Crippen LogP contribution in [0.2, 0.25) is 0 Å². The maximum Gasteiger partial charge on any atom is 0.159 e. The van der Waals surface area contributed by atoms with Gasteiger partial charge in [0.15, 0.2) is 12.0 Å². The predicted octanol–water partition coefficient (Wildman–Crippen LogP) is 3.76. The first-order chi connectivity index (χ1) is 13.0. The summed E-state index contributed by atoms with van der Waals surface area (Å²) in [6.45, 7) is 4.96. The molecule has 2 heterocycles. The molecule has 1 aromatic heterocycles. The second-order valence-electron chi connectivity index (χ2n) is 8.03. The number of hydrogen-bond acceptors (Lipinski definition) is 5. The minimum Gasteiger partial charge on any atom is -0.382 e. The summed E-state index contributed by atoms with van der Waals surface area (Å²) in [4.78, 5) is 0. The summed E-state index contributed by atoms with van der Waals surface area (Å²) >= 11 is 0. The van der Waals surface area contributed by atoms with Gasteiger partial charge >= 0.3 is 0 Å². The van der Waals surface area contributed by atoms with Crippen LogP contribution in [-0.2, 0) is 11.3 Å². The summed E-state index contributed by atoms with van der Waals surface area (Å²) in [5.41, 5.74) is 9.41. The molecule has 0 amide bonds. The zero-order valence-corrected chi connectivity index (χ0v) is 15.7. The number of anilines is 1. The molecule has 0 radical (unpaired) electrons. The van der Waals surface area contributed by atoms with Crippen molar-refractivity contribution in [3.8, 4) is 6.07 Å². The van der Waals surface area contributed by atoms with Gasteiger partial charge in [-0.1, -0.05) is 44.2 Å². The first kappa shape index (κ1) is 17.6. The first-order valence-electron chi connectivity index (χ1n) is 9.34. The van der Waals surface area contributed by atoms with Crippen LogP contribution in [0.5, 0.6) is 0 Å². The van der Waals surface area contributed by atoms with E-state index in [0.717, 1.165) is 23.2 Å². The topological polar surface area (TPSA) is 88.9 Å². The van der Waals surface area contributed by atoms with E-state index in [1.807, 2.05) is 47.3 Å². The summed E-state index contributed by atoms with van der Waals surface area (Å²) in [6.07, 6.45) is 5.02. The van der Waals surface area contributed by atoms with E-state index in [-0.39, 0.29) is 17.7 Å². The predicted molar refractivity (Wildman–Crippen MR) is 104 cm³/mol. The van der Waals surface area contributed by atoms with E-state index >= 15 is 0 Å². The summed E-state index contributed by atoms with van der Waals surface area (Å²) in [6, 6.07) is 12.4. The standard InChI is InChI=1S/C21H25N5O/c1-21(2)12-15(21)16(8-10-22)26-17-9-11-24-20(18(17)19(23)25-26)27-13-14-6-4-3-5-7-14/h3-7,9,11,15-16,20,24H,8,12-13H2,1-2H3,(H2,23,25). The van der Waals surface area contributed by atoms with Crippen molar-refractivity contribution in [2.45, 2.75) is 45.6 Å². The maximum absolute atomic E-state index is 9.34. The number of nitrogens with one attached hydrogen (secondary N) is 1. The van der Waals surface area contributed by atoms with Crippen LogP contribution >= 0.6 is 0 Å². The Morgan fingerprint density at radius 2 is 2.15 bits per heavy atom. The average Bonchev–Trinajstić information content (AvgIpc) is 3.16. The minimum atomic E-state index is -0.353. The van der Waals surface area contributed by atoms with Crippen LogP contribution in [0.15, 0.2) is 36.5 Å². The highest BCUT2D eigenvalue weighted by Crippen LogP contribution is 2.58. The van der Waals surface area contributed by atoms with Crippen molar-refractivity contribution in [3.05, 3.63) is 53.4 Å². The van der Waals surface area contributed by atoms with Crippen molar-refractivity contribution in [2.24, 2.45) is 11.3 Å². The van der Waals surface area contributed by atoms with Gasteiger partial charge in [0.2, 0.25) is 0 Å². The molecule has 3 atom stereocenters. The van der Waals surface area contributed by atoms with Crippen molar-refractivity contribution < 1.29 is 4.74 Å². The Morgan fingerprint density at radius 1 is 1.41 bits per heavy atom. The molecule has 4 rings (SSSR count). The normalized spacial score (nSPS) is 23.1. The summed E-state index contributed by atoms with van der Waals surface area (Å²) in [7, 11) is 0. The zero-order chi connectivity index (χ0) is 19.0. The molecule has 27 heavy (non-hydrogen) atoms. The molecule has 1 fully saturated rings. The van der Waals surface area contributed by atoms with Gasteiger partial charge in [-0.2, -0.15) is 10.4 Å². The lowest BCUT2D eigenvalue weighted by molar-refractivity contribution is 0.0249. The third-order valence-corrected chi connectivity index (χ3v) is 5.69. The van der Waals surface area contributed by atoms with Gasteiger partial charge < -0.3 is 15.8 Å². The number of fused-ring (bicyclic) bond motifs is 1. The van der Waals surface area contributed by atoms with Gasteiger partial charge in [-0.3, -0.25) is 4.68 Å². The van der Waals surface area contributed by atoms with Crippen LogP contribution in [0, 0.1) is 22.7 Å². The summed E-state index contributed by atoms with van der Waals surface area (Å²) < 4.78 is 8.03. The van der Waals surface area contributed by atoms with Gasteiger partial charge in [0.05, 0.1) is 36.4 Å². The van der Waals surface area contributed by atoms with Gasteiger partial charge in [0.25, 0.3) is 0 Å². The highest BCUT2D eigenvalue weighted by Gasteiger charge is 2.51. The lowest BCUT2D eigenvalue weighted by Crippen LogP contribution is -2.24. The lowest BCUT2D eigenvalue weighted by atomic mass is 10.0. The molecule has 2 aromatic rings. The monoisotopic (exact) mass is 363 g/mol. The minimum absolute atomic E-state index is 0.0357. The fourth-order valence-corrected chi connectivity index (χ4v) is 4.01. The van der Waals surface area contributed by atoms with E-state index in [9.17, 15) is 5.26 Å². The van der Waals surface area contributed by atoms with Gasteiger partial charge in [0, 0.05) is 6.20 Å². The number of ether oxygens (including phenoxy) is 1. The van der Waals surface area contributed by atoms with E-state index in [0.29, 0.717) is 24.8 Å². The number of nitrogen functional groups attached to an aromatic ring is 1. The first-order valence-corrected chi connectivity index (χ1v) is 9.34. The lowest BCUT2D eigenvalue weighted by Gasteiger charge is -2.24. The van der Waals surface area contributed by atoms with E-state index in [1.54, 1.807) is 0 Å². The van der Waals surface area contributed by atoms with E-state index in [2.05, 4.69) is 30.3 Å². The smallest absolute Gasteiger partial charge is 0.159 e. The fraction of sp³-hybridized carbons (Fsp3) is 0.429. The molecule has 0 saturated heterocycles. The Labute approximate surface area is 159 Å². The zero-order valence-electron chi connectivity index (χ0n) is 15.7. The molecule has 0 spiro atoms. The van der Waals surface area contributed by atoms with Crippen molar-refractivity contribution in [1.82, 2.24) is 15.1 Å². The molecule has 6 nitrogen and oxygen atoms in total. The number of hydrogen-bond donors (Lipinski definition) is 2. The van der Waals surface area contributed by atoms with Crippen LogP contribution in [0.25, 0.3) is 6.08 Å². The Bertz CT molecular complexity index is 893. The van der Waals surface area contributed by atoms with E-state index in [1.165, 1.54) is 0 Å². The second kappa shape index (κ2) is 6.75. The largest absolute Gasteiger partial charge is 0.382 e. The Balaban J connectivity index is 1.61. The molecule has 1 aliphatic carbocycles. The molecule has 3 N–H and O–H groups in total. The van der Waals surface area contributed by atoms with Crippen molar-refractivity contribution in [2.75, 3.05) is 5.73 Å². The quantitative estimate of drug-likeness (QED) is 0.816. The second-order valence-corrected chi connectivity index (χ2v) is 8.03. The Kier molecular flexibility index (Phi) is 4.40. The molecule has 0 bridgehead atoms. The Morgan fingerprint density at radius 3 is 2.81 bits per heavy atom. The summed E-state index contributed by atoms with van der Waals surface area (Å²) in [5, 5.41) is 17.2. The number of nitrogens with zero attached hydrogens (tertiary/aromatic N) is 3. The Hall–Kier alpha value is -2.78. The highest BCUT2D eigenvalue weighted by molar-refractivity contribution is 5.61. The third-order valence-electron chi connectivity index (χ3n) is 5.69. The van der Waals surface area contributed by atoms with Crippen LogP contribution < -0.4 is 11.1 Å². The number of benzene rings is 1. The molecule has 1 aliphatic heterocycles. The van der Waals surface area contributed by atoms with E-state index < -0.39 is 0 Å². The van der Waals surface area contributed by atoms with Gasteiger partial charge in [-0.25, -0.2) is 0 Å². The van der Waals surface area contributed by atoms with Crippen molar-refractivity contribution in [1.29, 1.82) is 5.26 Å². The van der Waals surface area contributed by atoms with Crippen molar-refractivity contribution >= 4 is 11.9 Å². The van der Waals surface area contributed by atoms with Gasteiger partial charge in [-0.15, -0.1) is 0 Å². The van der Waals surface area contributed by atoms with Crippen molar-refractivity contribution in [3.63, 3.8) is 0 Å². The van der Waals surface area contributed by atoms with Crippen LogP contribution in [-0.4, -0.2) is 9.78 Å². The van der Waals surface area contributed by atoms with Gasteiger partial charge in [0.1, 0.15) is 0 Å². The maximum atomic E-state index is 9.34. The van der Waals surface area contributed by atoms with Crippen LogP contribution in [0.4, 0.5) is 5.82 Å². The SMILES string of the molecule is CC1(C)CC1C(CC#N)n1nc(N)c2c1C=CNC2OCc1ccccc1. The third kappa shape index (κ3) is 3.31. The molecule has 2 aliphatic rings. The van der Waals surface area contributed by atoms with Crippen LogP contribution in [0.3, 0.4) is 0 Å². The molecule has 3 unspecified atom stereocenters. The average molecular weight is 363 g/mol. The number of rotatable bonds is 6. The molecule has 1 aromatic carbocycles. The molecule has 6 heteroatoms. The molecular weight excluding hydrogens is 338 g/mol. The molecule has 1 saturated carbocycles. The number of nitriles is 1. The molecular formula is C21H25N5O. The fourth-order valence-electron chi connectivity index (χ4n) is 4.01. The highest BCUT2D eigenvalue weighted by atomic mass is 16.5. The molecule has 140 valence electrons.